The molecule has 0 unspecified atom stereocenters. The van der Waals surface area contributed by atoms with E-state index in [0.29, 0.717) is 6.61 Å². The molecule has 1 aromatic heterocycles. The number of hydrogen-bond acceptors (Lipinski definition) is 2. The molecule has 3 rings (SSSR count). The zero-order valence-electron chi connectivity index (χ0n) is 13.4. The number of aromatic nitrogens is 1. The van der Waals surface area contributed by atoms with Crippen LogP contribution in [0, 0.1) is 0 Å². The molecule has 0 atom stereocenters. The molecule has 3 nitrogen and oxygen atoms in total. The molecule has 0 amide bonds. The molecule has 23 heavy (non-hydrogen) atoms. The number of nitrogens with zero attached hydrogens (tertiary/aromatic N) is 1. The standard InChI is InChI=1S/C20H21NO2/c1-16(22)15-23-13-7-12-21-19-11-6-5-10-18(19)14-20(21)17-8-3-2-4-9-17/h2-6,8-11,14H,7,12-13,15H2,1H3. The van der Waals surface area contributed by atoms with Crippen molar-refractivity contribution in [2.75, 3.05) is 13.2 Å². The third-order valence-electron chi connectivity index (χ3n) is 3.86. The van der Waals surface area contributed by atoms with Gasteiger partial charge in [-0.05, 0) is 31.0 Å². The molecule has 0 saturated heterocycles. The number of aryl methyl sites for hydroxylation is 1. The van der Waals surface area contributed by atoms with Crippen molar-refractivity contribution in [3.63, 3.8) is 0 Å². The fourth-order valence-corrected chi connectivity index (χ4v) is 2.84. The lowest BCUT2D eigenvalue weighted by molar-refractivity contribution is -0.121. The lowest BCUT2D eigenvalue weighted by Crippen LogP contribution is -2.08. The molecule has 0 N–H and O–H groups in total. The highest BCUT2D eigenvalue weighted by atomic mass is 16.5. The number of fused-ring (bicyclic) bond motifs is 1. The molecule has 0 fully saturated rings. The molecule has 118 valence electrons. The molecular weight excluding hydrogens is 286 g/mol. The van der Waals surface area contributed by atoms with Gasteiger partial charge in [-0.15, -0.1) is 0 Å². The second-order valence-electron chi connectivity index (χ2n) is 5.71. The molecule has 0 aliphatic rings. The Morgan fingerprint density at radius 1 is 1.04 bits per heavy atom. The molecule has 0 spiro atoms. The Hall–Kier alpha value is -2.39. The number of rotatable bonds is 7. The lowest BCUT2D eigenvalue weighted by Gasteiger charge is -2.11. The van der Waals surface area contributed by atoms with E-state index in [1.54, 1.807) is 6.92 Å². The van der Waals surface area contributed by atoms with Gasteiger partial charge in [-0.1, -0.05) is 48.5 Å². The maximum absolute atomic E-state index is 10.9. The summed E-state index contributed by atoms with van der Waals surface area (Å²) in [6, 6.07) is 21.1. The third kappa shape index (κ3) is 3.69. The van der Waals surface area contributed by atoms with Gasteiger partial charge in [-0.2, -0.15) is 0 Å². The average molecular weight is 307 g/mol. The Kier molecular flexibility index (Phi) is 4.89. The van der Waals surface area contributed by atoms with Crippen molar-refractivity contribution in [2.24, 2.45) is 0 Å². The predicted molar refractivity (Wildman–Crippen MR) is 93.5 cm³/mol. The van der Waals surface area contributed by atoms with Gasteiger partial charge in [-0.25, -0.2) is 0 Å². The van der Waals surface area contributed by atoms with Crippen molar-refractivity contribution in [3.8, 4) is 11.3 Å². The average Bonchev–Trinajstić information content (AvgIpc) is 2.94. The first-order chi connectivity index (χ1) is 11.3. The van der Waals surface area contributed by atoms with Crippen molar-refractivity contribution in [1.29, 1.82) is 0 Å². The summed E-state index contributed by atoms with van der Waals surface area (Å²) in [5.41, 5.74) is 3.67. The van der Waals surface area contributed by atoms with Crippen molar-refractivity contribution in [3.05, 3.63) is 60.7 Å². The van der Waals surface area contributed by atoms with Crippen molar-refractivity contribution in [2.45, 2.75) is 19.9 Å². The van der Waals surface area contributed by atoms with E-state index in [-0.39, 0.29) is 12.4 Å². The first kappa shape index (κ1) is 15.5. The zero-order chi connectivity index (χ0) is 16.1. The van der Waals surface area contributed by atoms with Crippen LogP contribution in [0.15, 0.2) is 60.7 Å². The van der Waals surface area contributed by atoms with Crippen LogP contribution in [0.5, 0.6) is 0 Å². The molecule has 0 aliphatic heterocycles. The van der Waals surface area contributed by atoms with Crippen LogP contribution in [-0.4, -0.2) is 23.6 Å². The SMILES string of the molecule is CC(=O)COCCCn1c(-c2ccccc2)cc2ccccc21. The van der Waals surface area contributed by atoms with Crippen LogP contribution in [0.3, 0.4) is 0 Å². The maximum Gasteiger partial charge on any atom is 0.155 e. The van der Waals surface area contributed by atoms with Crippen LogP contribution in [-0.2, 0) is 16.1 Å². The molecule has 0 aliphatic carbocycles. The molecule has 3 aromatic rings. The van der Waals surface area contributed by atoms with Gasteiger partial charge in [0, 0.05) is 29.7 Å². The Morgan fingerprint density at radius 2 is 1.78 bits per heavy atom. The number of carbonyl (C=O) groups is 1. The van der Waals surface area contributed by atoms with E-state index in [4.69, 9.17) is 4.74 Å². The number of ether oxygens (including phenoxy) is 1. The van der Waals surface area contributed by atoms with Crippen LogP contribution in [0.25, 0.3) is 22.2 Å². The summed E-state index contributed by atoms with van der Waals surface area (Å²) < 4.78 is 7.72. The van der Waals surface area contributed by atoms with Crippen LogP contribution < -0.4 is 0 Å². The van der Waals surface area contributed by atoms with Gasteiger partial charge in [0.2, 0.25) is 0 Å². The minimum Gasteiger partial charge on any atom is -0.374 e. The van der Waals surface area contributed by atoms with E-state index in [9.17, 15) is 4.79 Å². The molecular formula is C20H21NO2. The highest BCUT2D eigenvalue weighted by Gasteiger charge is 2.09. The summed E-state index contributed by atoms with van der Waals surface area (Å²) in [7, 11) is 0. The smallest absolute Gasteiger partial charge is 0.155 e. The fourth-order valence-electron chi connectivity index (χ4n) is 2.84. The Bertz CT molecular complexity index is 790. The third-order valence-corrected chi connectivity index (χ3v) is 3.86. The minimum absolute atomic E-state index is 0.0707. The van der Waals surface area contributed by atoms with Gasteiger partial charge in [0.15, 0.2) is 5.78 Å². The summed E-state index contributed by atoms with van der Waals surface area (Å²) >= 11 is 0. The molecule has 3 heteroatoms. The Labute approximate surface area is 136 Å². The van der Waals surface area contributed by atoms with Gasteiger partial charge >= 0.3 is 0 Å². The number of ketones is 1. The van der Waals surface area contributed by atoms with E-state index < -0.39 is 0 Å². The Balaban J connectivity index is 1.83. The van der Waals surface area contributed by atoms with Crippen molar-refractivity contribution in [1.82, 2.24) is 4.57 Å². The van der Waals surface area contributed by atoms with Gasteiger partial charge < -0.3 is 9.30 Å². The first-order valence-electron chi connectivity index (χ1n) is 7.96. The van der Waals surface area contributed by atoms with E-state index >= 15 is 0 Å². The number of hydrogen-bond donors (Lipinski definition) is 0. The van der Waals surface area contributed by atoms with E-state index in [0.717, 1.165) is 13.0 Å². The van der Waals surface area contributed by atoms with Gasteiger partial charge in [0.1, 0.15) is 6.61 Å². The molecule has 0 saturated carbocycles. The molecule has 0 radical (unpaired) electrons. The fraction of sp³-hybridized carbons (Fsp3) is 0.250. The predicted octanol–water partition coefficient (Wildman–Crippen LogP) is 4.30. The maximum atomic E-state index is 10.9. The summed E-state index contributed by atoms with van der Waals surface area (Å²) in [6.07, 6.45) is 0.881. The summed E-state index contributed by atoms with van der Waals surface area (Å²) in [6.45, 7) is 3.22. The molecule has 0 bridgehead atoms. The second kappa shape index (κ2) is 7.25. The molecule has 2 aromatic carbocycles. The topological polar surface area (TPSA) is 31.2 Å². The quantitative estimate of drug-likeness (QED) is 0.609. The largest absolute Gasteiger partial charge is 0.374 e. The van der Waals surface area contributed by atoms with Crippen LogP contribution in [0.4, 0.5) is 0 Å². The lowest BCUT2D eigenvalue weighted by atomic mass is 10.1. The number of carbonyl (C=O) groups excluding carboxylic acids is 1. The Morgan fingerprint density at radius 3 is 2.57 bits per heavy atom. The summed E-state index contributed by atoms with van der Waals surface area (Å²) in [5, 5.41) is 1.25. The normalized spacial score (nSPS) is 11.0. The van der Waals surface area contributed by atoms with E-state index in [1.165, 1.54) is 22.2 Å². The highest BCUT2D eigenvalue weighted by Crippen LogP contribution is 2.28. The highest BCUT2D eigenvalue weighted by molar-refractivity contribution is 5.87. The van der Waals surface area contributed by atoms with E-state index in [1.807, 2.05) is 6.07 Å². The number of Topliss-reactive ketones (excluding diaryl/α,β-unsaturated/α-hetero) is 1. The van der Waals surface area contributed by atoms with Crippen LogP contribution >= 0.6 is 0 Å². The van der Waals surface area contributed by atoms with Gasteiger partial charge in [-0.3, -0.25) is 4.79 Å². The van der Waals surface area contributed by atoms with Gasteiger partial charge in [0.05, 0.1) is 0 Å². The van der Waals surface area contributed by atoms with Crippen LogP contribution in [0.2, 0.25) is 0 Å². The van der Waals surface area contributed by atoms with Crippen molar-refractivity contribution >= 4 is 16.7 Å². The molecule has 1 heterocycles. The van der Waals surface area contributed by atoms with Crippen LogP contribution in [0.1, 0.15) is 13.3 Å². The van der Waals surface area contributed by atoms with E-state index in [2.05, 4.69) is 59.2 Å². The number of para-hydroxylation sites is 1. The summed E-state index contributed by atoms with van der Waals surface area (Å²) in [4.78, 5) is 10.9. The monoisotopic (exact) mass is 307 g/mol. The van der Waals surface area contributed by atoms with Gasteiger partial charge in [0.25, 0.3) is 0 Å². The summed E-state index contributed by atoms with van der Waals surface area (Å²) in [5.74, 6) is 0.0707. The second-order valence-corrected chi connectivity index (χ2v) is 5.71. The zero-order valence-corrected chi connectivity index (χ0v) is 13.4. The first-order valence-corrected chi connectivity index (χ1v) is 7.96. The van der Waals surface area contributed by atoms with Crippen molar-refractivity contribution < 1.29 is 9.53 Å². The minimum atomic E-state index is 0.0707. The number of benzene rings is 2.